The van der Waals surface area contributed by atoms with Crippen molar-refractivity contribution < 1.29 is 28.8 Å². The first-order chi connectivity index (χ1) is 23.1. The Labute approximate surface area is 277 Å². The van der Waals surface area contributed by atoms with Crippen molar-refractivity contribution in [3.05, 3.63) is 119 Å². The highest BCUT2D eigenvalue weighted by atomic mass is 16.7. The summed E-state index contributed by atoms with van der Waals surface area (Å²) in [6, 6.07) is 30.6. The summed E-state index contributed by atoms with van der Waals surface area (Å²) in [7, 11) is 0. The van der Waals surface area contributed by atoms with Gasteiger partial charge in [0.25, 0.3) is 0 Å². The maximum absolute atomic E-state index is 12.6. The number of allylic oxidation sites excluding steroid dienone is 1. The normalized spacial score (nSPS) is 15.5. The lowest BCUT2D eigenvalue weighted by molar-refractivity contribution is 0.0734. The molecule has 0 amide bonds. The Hall–Kier alpha value is -4.59. The predicted molar refractivity (Wildman–Crippen MR) is 184 cm³/mol. The van der Waals surface area contributed by atoms with E-state index in [2.05, 4.69) is 18.3 Å². The third kappa shape index (κ3) is 8.42. The van der Waals surface area contributed by atoms with E-state index in [9.17, 15) is 9.90 Å². The van der Waals surface area contributed by atoms with E-state index in [0.29, 0.717) is 23.6 Å². The smallest absolute Gasteiger partial charge is 0.343 e. The van der Waals surface area contributed by atoms with Crippen LogP contribution in [0.2, 0.25) is 0 Å². The van der Waals surface area contributed by atoms with E-state index in [1.54, 1.807) is 12.1 Å². The molecule has 6 rings (SSSR count). The van der Waals surface area contributed by atoms with Gasteiger partial charge in [0.15, 0.2) is 11.5 Å². The zero-order valence-electron chi connectivity index (χ0n) is 27.0. The second-order valence-corrected chi connectivity index (χ2v) is 12.2. The van der Waals surface area contributed by atoms with Gasteiger partial charge in [-0.1, -0.05) is 74.7 Å². The molecule has 7 nitrogen and oxygen atoms in total. The highest BCUT2D eigenvalue weighted by molar-refractivity contribution is 5.99. The second kappa shape index (κ2) is 15.8. The molecule has 1 atom stereocenters. The van der Waals surface area contributed by atoms with Crippen molar-refractivity contribution in [3.8, 4) is 23.0 Å². The molecule has 1 aliphatic heterocycles. The molecule has 0 aromatic heterocycles. The molecule has 244 valence electrons. The molecule has 1 aliphatic carbocycles. The van der Waals surface area contributed by atoms with Crippen LogP contribution in [0, 0.1) is 5.92 Å². The van der Waals surface area contributed by atoms with Gasteiger partial charge in [0.2, 0.25) is 6.79 Å². The number of carbonyl (C=O) groups is 1. The molecule has 2 aliphatic rings. The van der Waals surface area contributed by atoms with Gasteiger partial charge in [-0.25, -0.2) is 4.79 Å². The molecule has 0 bridgehead atoms. The first kappa shape index (κ1) is 32.4. The van der Waals surface area contributed by atoms with E-state index in [-0.39, 0.29) is 13.4 Å². The lowest BCUT2D eigenvalue weighted by Gasteiger charge is -2.22. The Morgan fingerprint density at radius 1 is 0.809 bits per heavy atom. The summed E-state index contributed by atoms with van der Waals surface area (Å²) in [5, 5.41) is 14.0. The number of esters is 1. The van der Waals surface area contributed by atoms with Crippen molar-refractivity contribution in [2.45, 2.75) is 51.6 Å². The van der Waals surface area contributed by atoms with Crippen LogP contribution >= 0.6 is 0 Å². The number of aliphatic hydroxyl groups excluding tert-OH is 1. The molecule has 4 aromatic rings. The number of hydrogen-bond acceptors (Lipinski definition) is 7. The highest BCUT2D eigenvalue weighted by Crippen LogP contribution is 2.40. The second-order valence-electron chi connectivity index (χ2n) is 12.2. The zero-order chi connectivity index (χ0) is 32.4. The van der Waals surface area contributed by atoms with Gasteiger partial charge < -0.3 is 29.4 Å². The Bertz CT molecular complexity index is 1640. The minimum atomic E-state index is -0.582. The number of nitrogens with one attached hydrogen (secondary N) is 1. The van der Waals surface area contributed by atoms with Crippen molar-refractivity contribution in [2.75, 3.05) is 26.5 Å². The fraction of sp³-hybridized carbons (Fsp3) is 0.325. The monoisotopic (exact) mass is 633 g/mol. The summed E-state index contributed by atoms with van der Waals surface area (Å²) in [6.45, 7) is 4.05. The summed E-state index contributed by atoms with van der Waals surface area (Å²) in [5.74, 6) is 2.96. The quantitative estimate of drug-likeness (QED) is 0.0879. The number of carbonyl (C=O) groups excluding carboxylic acids is 1. The van der Waals surface area contributed by atoms with Crippen molar-refractivity contribution in [2.24, 2.45) is 5.92 Å². The first-order valence-corrected chi connectivity index (χ1v) is 16.7. The molecule has 0 spiro atoms. The summed E-state index contributed by atoms with van der Waals surface area (Å²) in [5.41, 5.74) is 5.70. The standard InChI is InChI=1S/C40H43NO6/c1-2-36(32-17-22-37-38(23-32)46-27-45-37)39(30-15-20-35(21-16-30)47-40(43)31-11-7-4-8-12-31)29-13-18-34(19-14-29)44-26-33(42)25-41-24-28-9-5-3-6-10-28/h4,7-8,11-23,28,33,41-42H,2-3,5-6,9-10,24-27H2,1H3. The number of fused-ring (bicyclic) bond motifs is 1. The summed E-state index contributed by atoms with van der Waals surface area (Å²) in [4.78, 5) is 12.6. The van der Waals surface area contributed by atoms with Crippen LogP contribution in [0.1, 0.15) is 72.5 Å². The number of benzene rings is 4. The van der Waals surface area contributed by atoms with Crippen molar-refractivity contribution in [1.29, 1.82) is 0 Å². The molecule has 0 saturated heterocycles. The van der Waals surface area contributed by atoms with E-state index in [1.165, 1.54) is 32.1 Å². The minimum Gasteiger partial charge on any atom is -0.491 e. The van der Waals surface area contributed by atoms with Gasteiger partial charge in [-0.3, -0.25) is 0 Å². The number of hydrogen-bond donors (Lipinski definition) is 2. The summed E-state index contributed by atoms with van der Waals surface area (Å²) < 4.78 is 22.9. The van der Waals surface area contributed by atoms with Crippen molar-refractivity contribution >= 4 is 17.1 Å². The van der Waals surface area contributed by atoms with Crippen molar-refractivity contribution in [1.82, 2.24) is 5.32 Å². The average Bonchev–Trinajstić information content (AvgIpc) is 3.59. The molecule has 7 heteroatoms. The fourth-order valence-electron chi connectivity index (χ4n) is 6.37. The largest absolute Gasteiger partial charge is 0.491 e. The topological polar surface area (TPSA) is 86.2 Å². The van der Waals surface area contributed by atoms with E-state index < -0.39 is 12.1 Å². The van der Waals surface area contributed by atoms with Crippen LogP contribution in [-0.4, -0.2) is 43.7 Å². The summed E-state index contributed by atoms with van der Waals surface area (Å²) >= 11 is 0. The SMILES string of the molecule is CCC(=C(c1ccc(OCC(O)CNCC2CCCCC2)cc1)c1ccc(OC(=O)c2ccccc2)cc1)c1ccc2c(c1)OCO2. The number of ether oxygens (including phenoxy) is 4. The molecular formula is C40H43NO6. The average molecular weight is 634 g/mol. The van der Waals surface area contributed by atoms with Crippen LogP contribution in [0.15, 0.2) is 97.1 Å². The van der Waals surface area contributed by atoms with Gasteiger partial charge in [-0.2, -0.15) is 0 Å². The van der Waals surface area contributed by atoms with Crippen LogP contribution in [0.5, 0.6) is 23.0 Å². The number of rotatable bonds is 13. The van der Waals surface area contributed by atoms with Gasteiger partial charge in [0, 0.05) is 6.54 Å². The fourth-order valence-corrected chi connectivity index (χ4v) is 6.37. The molecule has 0 radical (unpaired) electrons. The van der Waals surface area contributed by atoms with Crippen LogP contribution in [0.3, 0.4) is 0 Å². The zero-order valence-corrected chi connectivity index (χ0v) is 27.0. The van der Waals surface area contributed by atoms with Crippen molar-refractivity contribution in [3.63, 3.8) is 0 Å². The number of aliphatic hydroxyl groups is 1. The maximum atomic E-state index is 12.6. The van der Waals surface area contributed by atoms with Crippen LogP contribution in [-0.2, 0) is 0 Å². The molecule has 2 N–H and O–H groups in total. The van der Waals surface area contributed by atoms with E-state index in [0.717, 1.165) is 58.2 Å². The molecule has 1 unspecified atom stereocenters. The van der Waals surface area contributed by atoms with E-state index in [1.807, 2.05) is 78.9 Å². The lowest BCUT2D eigenvalue weighted by atomic mass is 9.88. The molecular weight excluding hydrogens is 590 g/mol. The van der Waals surface area contributed by atoms with Gasteiger partial charge in [-0.15, -0.1) is 0 Å². The Balaban J connectivity index is 1.20. The Kier molecular flexibility index (Phi) is 10.9. The summed E-state index contributed by atoms with van der Waals surface area (Å²) in [6.07, 6.45) is 6.72. The molecule has 47 heavy (non-hydrogen) atoms. The Morgan fingerprint density at radius 3 is 2.17 bits per heavy atom. The minimum absolute atomic E-state index is 0.215. The lowest BCUT2D eigenvalue weighted by Crippen LogP contribution is -2.34. The Morgan fingerprint density at radius 2 is 1.47 bits per heavy atom. The third-order valence-corrected chi connectivity index (χ3v) is 8.86. The van der Waals surface area contributed by atoms with Gasteiger partial charge in [0.1, 0.15) is 24.2 Å². The van der Waals surface area contributed by atoms with Crippen LogP contribution in [0.4, 0.5) is 0 Å². The van der Waals surface area contributed by atoms with E-state index in [4.69, 9.17) is 18.9 Å². The van der Waals surface area contributed by atoms with Gasteiger partial charge in [-0.05, 0) is 108 Å². The molecule has 1 fully saturated rings. The maximum Gasteiger partial charge on any atom is 0.343 e. The molecule has 1 heterocycles. The van der Waals surface area contributed by atoms with Gasteiger partial charge in [0.05, 0.1) is 5.56 Å². The van der Waals surface area contributed by atoms with Gasteiger partial charge >= 0.3 is 5.97 Å². The van der Waals surface area contributed by atoms with Crippen LogP contribution < -0.4 is 24.3 Å². The van der Waals surface area contributed by atoms with E-state index >= 15 is 0 Å². The first-order valence-electron chi connectivity index (χ1n) is 16.7. The predicted octanol–water partition coefficient (Wildman–Crippen LogP) is 7.91. The highest BCUT2D eigenvalue weighted by Gasteiger charge is 2.19. The van der Waals surface area contributed by atoms with Crippen LogP contribution in [0.25, 0.3) is 11.1 Å². The third-order valence-electron chi connectivity index (χ3n) is 8.86. The molecule has 4 aromatic carbocycles. The molecule has 1 saturated carbocycles.